The molecule has 0 saturated heterocycles. The van der Waals surface area contributed by atoms with Gasteiger partial charge in [-0.05, 0) is 24.3 Å². The van der Waals surface area contributed by atoms with Crippen LogP contribution in [-0.2, 0) is 0 Å². The monoisotopic (exact) mass is 307 g/mol. The van der Waals surface area contributed by atoms with Gasteiger partial charge in [-0.1, -0.05) is 18.2 Å². The van der Waals surface area contributed by atoms with Gasteiger partial charge in [-0.15, -0.1) is 10.2 Å². The maximum absolute atomic E-state index is 10.8. The molecule has 4 aromatic rings. The van der Waals surface area contributed by atoms with Gasteiger partial charge in [0.15, 0.2) is 5.76 Å². The molecule has 7 heteroatoms. The number of nitrogens with zero attached hydrogens (tertiary/aromatic N) is 3. The van der Waals surface area contributed by atoms with E-state index >= 15 is 0 Å². The first-order valence-corrected chi connectivity index (χ1v) is 6.78. The van der Waals surface area contributed by atoms with Crippen molar-refractivity contribution in [2.45, 2.75) is 0 Å². The van der Waals surface area contributed by atoms with Crippen LogP contribution in [0.4, 0.5) is 5.69 Å². The zero-order valence-corrected chi connectivity index (χ0v) is 11.7. The number of non-ortho nitro benzene ring substituents is 1. The van der Waals surface area contributed by atoms with Crippen LogP contribution in [-0.4, -0.2) is 15.1 Å². The quantitative estimate of drug-likeness (QED) is 0.418. The van der Waals surface area contributed by atoms with Crippen molar-refractivity contribution in [3.63, 3.8) is 0 Å². The van der Waals surface area contributed by atoms with E-state index < -0.39 is 4.92 Å². The number of furan rings is 1. The predicted octanol–water partition coefficient (Wildman–Crippen LogP) is 4.06. The Labute approximate surface area is 129 Å². The molecule has 0 aliphatic carbocycles. The van der Waals surface area contributed by atoms with Crippen molar-refractivity contribution in [2.75, 3.05) is 0 Å². The number of fused-ring (bicyclic) bond motifs is 1. The summed E-state index contributed by atoms with van der Waals surface area (Å²) in [6, 6.07) is 15.4. The van der Waals surface area contributed by atoms with Gasteiger partial charge in [0.05, 0.1) is 4.92 Å². The molecule has 0 amide bonds. The van der Waals surface area contributed by atoms with E-state index in [-0.39, 0.29) is 11.6 Å². The number of rotatable bonds is 3. The number of nitro benzene ring substituents is 1. The largest absolute Gasteiger partial charge is 0.451 e. The Morgan fingerprint density at radius 1 is 0.913 bits per heavy atom. The van der Waals surface area contributed by atoms with Crippen LogP contribution in [0.5, 0.6) is 0 Å². The normalized spacial score (nSPS) is 11.0. The van der Waals surface area contributed by atoms with E-state index in [1.165, 1.54) is 12.1 Å². The topological polar surface area (TPSA) is 95.2 Å². The number of aromatic nitrogens is 2. The summed E-state index contributed by atoms with van der Waals surface area (Å²) in [6.07, 6.45) is 0. The summed E-state index contributed by atoms with van der Waals surface area (Å²) in [5.74, 6) is 0.977. The average Bonchev–Trinajstić information content (AvgIpc) is 3.21. The Kier molecular flexibility index (Phi) is 2.90. The Morgan fingerprint density at radius 3 is 2.48 bits per heavy atom. The molecule has 112 valence electrons. The van der Waals surface area contributed by atoms with Crippen LogP contribution in [0.2, 0.25) is 0 Å². The van der Waals surface area contributed by atoms with Crippen LogP contribution >= 0.6 is 0 Å². The molecule has 0 N–H and O–H groups in total. The molecule has 23 heavy (non-hydrogen) atoms. The number of nitro groups is 1. The van der Waals surface area contributed by atoms with Crippen molar-refractivity contribution in [3.8, 4) is 23.1 Å². The van der Waals surface area contributed by atoms with Crippen LogP contribution in [0, 0.1) is 10.1 Å². The van der Waals surface area contributed by atoms with Gasteiger partial charge < -0.3 is 8.83 Å². The van der Waals surface area contributed by atoms with E-state index in [0.717, 1.165) is 5.56 Å². The lowest BCUT2D eigenvalue weighted by Crippen LogP contribution is -1.85. The van der Waals surface area contributed by atoms with Crippen LogP contribution in [0.15, 0.2) is 63.4 Å². The molecular formula is C16H9N3O4. The Balaban J connectivity index is 1.75. The van der Waals surface area contributed by atoms with Crippen molar-refractivity contribution >= 4 is 16.7 Å². The molecule has 0 bridgehead atoms. The van der Waals surface area contributed by atoms with E-state index in [2.05, 4.69) is 10.2 Å². The minimum Gasteiger partial charge on any atom is -0.451 e. The predicted molar refractivity (Wildman–Crippen MR) is 81.6 cm³/mol. The second kappa shape index (κ2) is 5.06. The third kappa shape index (κ3) is 2.34. The van der Waals surface area contributed by atoms with Gasteiger partial charge in [0.1, 0.15) is 5.58 Å². The van der Waals surface area contributed by atoms with E-state index in [9.17, 15) is 10.1 Å². The molecule has 0 saturated carbocycles. The highest BCUT2D eigenvalue weighted by atomic mass is 16.6. The molecule has 0 aliphatic heterocycles. The minimum atomic E-state index is -0.452. The van der Waals surface area contributed by atoms with Gasteiger partial charge in [-0.25, -0.2) is 0 Å². The Morgan fingerprint density at radius 2 is 1.70 bits per heavy atom. The van der Waals surface area contributed by atoms with E-state index in [1.807, 2.05) is 30.3 Å². The van der Waals surface area contributed by atoms with Crippen molar-refractivity contribution in [1.82, 2.24) is 10.2 Å². The Bertz CT molecular complexity index is 1000. The molecule has 0 fully saturated rings. The molecule has 0 spiro atoms. The maximum Gasteiger partial charge on any atom is 0.283 e. The van der Waals surface area contributed by atoms with E-state index in [4.69, 9.17) is 8.83 Å². The van der Waals surface area contributed by atoms with Gasteiger partial charge in [0.2, 0.25) is 5.89 Å². The molecule has 7 nitrogen and oxygen atoms in total. The molecule has 0 atom stereocenters. The smallest absolute Gasteiger partial charge is 0.283 e. The highest BCUT2D eigenvalue weighted by Gasteiger charge is 2.16. The van der Waals surface area contributed by atoms with Crippen molar-refractivity contribution < 1.29 is 13.8 Å². The van der Waals surface area contributed by atoms with Crippen LogP contribution in [0.1, 0.15) is 0 Å². The second-order valence-electron chi connectivity index (χ2n) is 4.87. The third-order valence-electron chi connectivity index (χ3n) is 3.37. The summed E-state index contributed by atoms with van der Waals surface area (Å²) >= 11 is 0. The first-order chi connectivity index (χ1) is 11.2. The van der Waals surface area contributed by atoms with Crippen LogP contribution in [0.25, 0.3) is 34.1 Å². The molecule has 2 heterocycles. The third-order valence-corrected chi connectivity index (χ3v) is 3.37. The zero-order valence-electron chi connectivity index (χ0n) is 11.7. The lowest BCUT2D eigenvalue weighted by Gasteiger charge is -1.91. The first kappa shape index (κ1) is 13.2. The highest BCUT2D eigenvalue weighted by molar-refractivity contribution is 5.83. The summed E-state index contributed by atoms with van der Waals surface area (Å²) in [6.45, 7) is 0. The summed E-state index contributed by atoms with van der Waals surface area (Å²) < 4.78 is 11.2. The van der Waals surface area contributed by atoms with Gasteiger partial charge in [0, 0.05) is 23.1 Å². The van der Waals surface area contributed by atoms with Crippen LogP contribution in [0.3, 0.4) is 0 Å². The van der Waals surface area contributed by atoms with Gasteiger partial charge in [0.25, 0.3) is 11.6 Å². The molecule has 0 radical (unpaired) electrons. The fourth-order valence-electron chi connectivity index (χ4n) is 2.27. The fourth-order valence-corrected chi connectivity index (χ4v) is 2.27. The molecule has 4 rings (SSSR count). The van der Waals surface area contributed by atoms with Crippen molar-refractivity contribution in [3.05, 3.63) is 64.7 Å². The molecule has 2 aromatic heterocycles. The first-order valence-electron chi connectivity index (χ1n) is 6.78. The standard InChI is InChI=1S/C16H9N3O4/c20-19(21)12-6-7-13-11(8-12)9-14(22-13)16-18-17-15(23-16)10-4-2-1-3-5-10/h1-9H. The van der Waals surface area contributed by atoms with E-state index in [1.54, 1.807) is 12.1 Å². The molecule has 2 aromatic carbocycles. The number of benzene rings is 2. The maximum atomic E-state index is 10.8. The van der Waals surface area contributed by atoms with E-state index in [0.29, 0.717) is 22.6 Å². The summed E-state index contributed by atoms with van der Waals surface area (Å²) in [4.78, 5) is 10.4. The van der Waals surface area contributed by atoms with Crippen molar-refractivity contribution in [2.24, 2.45) is 0 Å². The summed E-state index contributed by atoms with van der Waals surface area (Å²) in [5.41, 5.74) is 1.32. The van der Waals surface area contributed by atoms with Gasteiger partial charge in [-0.2, -0.15) is 0 Å². The summed E-state index contributed by atoms with van der Waals surface area (Å²) in [5, 5.41) is 19.4. The molecular weight excluding hydrogens is 298 g/mol. The molecule has 0 unspecified atom stereocenters. The zero-order chi connectivity index (χ0) is 15.8. The molecule has 0 aliphatic rings. The summed E-state index contributed by atoms with van der Waals surface area (Å²) in [7, 11) is 0. The SMILES string of the molecule is O=[N+]([O-])c1ccc2oc(-c3nnc(-c4ccccc4)o3)cc2c1. The lowest BCUT2D eigenvalue weighted by molar-refractivity contribution is -0.384. The van der Waals surface area contributed by atoms with Gasteiger partial charge in [-0.3, -0.25) is 10.1 Å². The Hall–Kier alpha value is -3.48. The number of hydrogen-bond donors (Lipinski definition) is 0. The van der Waals surface area contributed by atoms with Crippen molar-refractivity contribution in [1.29, 1.82) is 0 Å². The lowest BCUT2D eigenvalue weighted by atomic mass is 10.2. The van der Waals surface area contributed by atoms with Crippen LogP contribution < -0.4 is 0 Å². The minimum absolute atomic E-state index is 0.000327. The average molecular weight is 307 g/mol. The second-order valence-corrected chi connectivity index (χ2v) is 4.87. The number of hydrogen-bond acceptors (Lipinski definition) is 6. The van der Waals surface area contributed by atoms with Gasteiger partial charge >= 0.3 is 0 Å². The highest BCUT2D eigenvalue weighted by Crippen LogP contribution is 2.30. The fraction of sp³-hybridized carbons (Fsp3) is 0.